The van der Waals surface area contributed by atoms with Crippen LogP contribution in [-0.2, 0) is 4.79 Å². The maximum absolute atomic E-state index is 11.9. The van der Waals surface area contributed by atoms with E-state index in [9.17, 15) is 4.79 Å². The van der Waals surface area contributed by atoms with Crippen LogP contribution in [-0.4, -0.2) is 24.8 Å². The van der Waals surface area contributed by atoms with Crippen LogP contribution in [0.4, 0.5) is 0 Å². The zero-order chi connectivity index (χ0) is 13.5. The average Bonchev–Trinajstić information content (AvgIpc) is 2.43. The molecule has 2 heteroatoms. The Morgan fingerprint density at radius 3 is 2.42 bits per heavy atom. The molecule has 0 radical (unpaired) electrons. The van der Waals surface area contributed by atoms with Gasteiger partial charge in [-0.2, -0.15) is 0 Å². The second-order valence-electron chi connectivity index (χ2n) is 4.30. The number of aryl methyl sites for hydroxylation is 1. The molecule has 2 rings (SSSR count). The number of hydrogen-bond acceptors (Lipinski definition) is 1. The summed E-state index contributed by atoms with van der Waals surface area (Å²) < 4.78 is 1.59. The molecule has 0 amide bonds. The predicted molar refractivity (Wildman–Crippen MR) is 81.7 cm³/mol. The Kier molecular flexibility index (Phi) is 5.39. The standard InChI is InChI=1S/C17H16OTe/c1-14-10-12-16(13-11-14)19-17(18)9-5-8-15-6-3-2-4-7-15/h2-8,10-13H,9H2,1H3/b8-5+. The summed E-state index contributed by atoms with van der Waals surface area (Å²) in [6.45, 7) is 2.06. The van der Waals surface area contributed by atoms with Gasteiger partial charge in [0, 0.05) is 0 Å². The van der Waals surface area contributed by atoms with Crippen molar-refractivity contribution in [1.29, 1.82) is 0 Å². The Bertz CT molecular complexity index is 556. The fourth-order valence-corrected chi connectivity index (χ4v) is 3.67. The second kappa shape index (κ2) is 7.28. The molecule has 0 aliphatic carbocycles. The van der Waals surface area contributed by atoms with Crippen molar-refractivity contribution in [1.82, 2.24) is 0 Å². The summed E-state index contributed by atoms with van der Waals surface area (Å²) in [6.07, 6.45) is 4.53. The maximum atomic E-state index is 11.9. The van der Waals surface area contributed by atoms with Crippen LogP contribution in [0.1, 0.15) is 17.5 Å². The van der Waals surface area contributed by atoms with Crippen molar-refractivity contribution in [3.05, 3.63) is 71.8 Å². The van der Waals surface area contributed by atoms with Crippen molar-refractivity contribution in [2.24, 2.45) is 0 Å². The van der Waals surface area contributed by atoms with E-state index in [-0.39, 0.29) is 0 Å². The van der Waals surface area contributed by atoms with Crippen LogP contribution < -0.4 is 3.61 Å². The molecule has 0 heterocycles. The van der Waals surface area contributed by atoms with Gasteiger partial charge < -0.3 is 0 Å². The Hall–Kier alpha value is -1.36. The predicted octanol–water partition coefficient (Wildman–Crippen LogP) is 2.95. The van der Waals surface area contributed by atoms with E-state index in [4.69, 9.17) is 0 Å². The Labute approximate surface area is 124 Å². The molecule has 0 atom stereocenters. The summed E-state index contributed by atoms with van der Waals surface area (Å²) in [5, 5.41) is 0. The molecule has 0 saturated carbocycles. The molecule has 0 spiro atoms. The van der Waals surface area contributed by atoms with E-state index < -0.39 is 20.9 Å². The molecule has 0 aliphatic heterocycles. The van der Waals surface area contributed by atoms with E-state index in [0.717, 1.165) is 5.56 Å². The zero-order valence-electron chi connectivity index (χ0n) is 10.9. The minimum atomic E-state index is -0.710. The Balaban J connectivity index is 1.85. The molecule has 0 saturated heterocycles. The van der Waals surface area contributed by atoms with Gasteiger partial charge in [-0.05, 0) is 0 Å². The molecule has 0 unspecified atom stereocenters. The number of rotatable bonds is 5. The van der Waals surface area contributed by atoms with E-state index in [2.05, 4.69) is 31.2 Å². The third kappa shape index (κ3) is 5.03. The molecule has 1 nitrogen and oxygen atoms in total. The second-order valence-corrected chi connectivity index (χ2v) is 7.53. The third-order valence-corrected chi connectivity index (χ3v) is 5.22. The number of carbonyl (C=O) groups excluding carboxylic acids is 1. The summed E-state index contributed by atoms with van der Waals surface area (Å²) in [5.41, 5.74) is 2.39. The van der Waals surface area contributed by atoms with Gasteiger partial charge in [-0.25, -0.2) is 0 Å². The van der Waals surface area contributed by atoms with Crippen LogP contribution in [0.25, 0.3) is 6.08 Å². The van der Waals surface area contributed by atoms with Gasteiger partial charge in [0.1, 0.15) is 0 Å². The van der Waals surface area contributed by atoms with Crippen molar-refractivity contribution in [2.45, 2.75) is 13.3 Å². The Morgan fingerprint density at radius 1 is 1.05 bits per heavy atom. The van der Waals surface area contributed by atoms with Gasteiger partial charge >= 0.3 is 124 Å². The summed E-state index contributed by atoms with van der Waals surface area (Å²) in [4.78, 5) is 11.9. The zero-order valence-corrected chi connectivity index (χ0v) is 13.2. The van der Waals surface area contributed by atoms with Crippen LogP contribution in [0.5, 0.6) is 0 Å². The first-order valence-corrected chi connectivity index (χ1v) is 8.56. The minimum absolute atomic E-state index is 0.376. The van der Waals surface area contributed by atoms with Crippen molar-refractivity contribution in [2.75, 3.05) is 0 Å². The van der Waals surface area contributed by atoms with Gasteiger partial charge in [0.15, 0.2) is 0 Å². The topological polar surface area (TPSA) is 17.1 Å². The van der Waals surface area contributed by atoms with Crippen LogP contribution in [0.3, 0.4) is 0 Å². The molecule has 19 heavy (non-hydrogen) atoms. The molecule has 0 aromatic heterocycles. The number of allylic oxidation sites excluding steroid dienone is 1. The van der Waals surface area contributed by atoms with Crippen molar-refractivity contribution in [3.8, 4) is 0 Å². The van der Waals surface area contributed by atoms with Gasteiger partial charge in [-0.15, -0.1) is 0 Å². The number of hydrogen-bond donors (Lipinski definition) is 0. The molecule has 0 bridgehead atoms. The average molecular weight is 364 g/mol. The number of benzene rings is 2. The summed E-state index contributed by atoms with van der Waals surface area (Å²) in [5.74, 6) is 0. The molecule has 2 aromatic rings. The van der Waals surface area contributed by atoms with Crippen LogP contribution in [0, 0.1) is 6.92 Å². The van der Waals surface area contributed by atoms with Crippen LogP contribution in [0.2, 0.25) is 0 Å². The summed E-state index contributed by atoms with van der Waals surface area (Å²) >= 11 is -0.710. The van der Waals surface area contributed by atoms with Crippen molar-refractivity contribution in [3.63, 3.8) is 0 Å². The first-order chi connectivity index (χ1) is 9.24. The van der Waals surface area contributed by atoms with E-state index in [0.29, 0.717) is 10.3 Å². The first kappa shape index (κ1) is 14.1. The van der Waals surface area contributed by atoms with Gasteiger partial charge in [0.2, 0.25) is 0 Å². The fraction of sp³-hybridized carbons (Fsp3) is 0.118. The quantitative estimate of drug-likeness (QED) is 0.746. The summed E-state index contributed by atoms with van der Waals surface area (Å²) in [6, 6.07) is 18.4. The first-order valence-electron chi connectivity index (χ1n) is 6.23. The number of carbonyl (C=O) groups is 1. The summed E-state index contributed by atoms with van der Waals surface area (Å²) in [7, 11) is 0. The van der Waals surface area contributed by atoms with Gasteiger partial charge in [0.05, 0.1) is 0 Å². The molecular formula is C17H16OTe. The van der Waals surface area contributed by atoms with Crippen molar-refractivity contribution < 1.29 is 4.79 Å². The Morgan fingerprint density at radius 2 is 1.74 bits per heavy atom. The third-order valence-electron chi connectivity index (χ3n) is 2.65. The molecule has 0 aliphatic rings. The molecule has 0 N–H and O–H groups in total. The monoisotopic (exact) mass is 366 g/mol. The normalized spacial score (nSPS) is 10.8. The van der Waals surface area contributed by atoms with E-state index in [1.165, 1.54) is 9.17 Å². The van der Waals surface area contributed by atoms with Crippen LogP contribution >= 0.6 is 0 Å². The molecule has 0 fully saturated rings. The van der Waals surface area contributed by atoms with Crippen molar-refractivity contribution >= 4 is 34.4 Å². The fourth-order valence-electron chi connectivity index (χ4n) is 1.63. The van der Waals surface area contributed by atoms with E-state index >= 15 is 0 Å². The molecule has 96 valence electrons. The SMILES string of the molecule is Cc1ccc([Te]C(=O)C/C=C/c2ccccc2)cc1. The van der Waals surface area contributed by atoms with Gasteiger partial charge in [-0.1, -0.05) is 0 Å². The van der Waals surface area contributed by atoms with E-state index in [1.54, 1.807) is 0 Å². The van der Waals surface area contributed by atoms with Crippen LogP contribution in [0.15, 0.2) is 60.7 Å². The molecular weight excluding hydrogens is 348 g/mol. The molecule has 2 aromatic carbocycles. The van der Waals surface area contributed by atoms with Gasteiger partial charge in [0.25, 0.3) is 0 Å². The van der Waals surface area contributed by atoms with E-state index in [1.807, 2.05) is 42.5 Å². The van der Waals surface area contributed by atoms with Gasteiger partial charge in [-0.3, -0.25) is 0 Å².